The molecule has 5 heteroatoms. The Labute approximate surface area is 111 Å². The predicted octanol–water partition coefficient (Wildman–Crippen LogP) is 1.66. The normalized spacial score (nSPS) is 9.95. The van der Waals surface area contributed by atoms with E-state index in [2.05, 4.69) is 15.3 Å². The first kappa shape index (κ1) is 13.0. The molecule has 0 saturated carbocycles. The maximum atomic E-state index is 11.2. The highest BCUT2D eigenvalue weighted by molar-refractivity contribution is 5.77. The van der Waals surface area contributed by atoms with E-state index in [-0.39, 0.29) is 12.5 Å². The van der Waals surface area contributed by atoms with E-state index in [0.717, 1.165) is 11.4 Å². The second kappa shape index (κ2) is 6.49. The zero-order chi connectivity index (χ0) is 13.5. The van der Waals surface area contributed by atoms with E-state index in [0.29, 0.717) is 12.3 Å². The van der Waals surface area contributed by atoms with Crippen LogP contribution in [0.25, 0.3) is 11.4 Å². The lowest BCUT2D eigenvalue weighted by Gasteiger charge is -2.06. The van der Waals surface area contributed by atoms with Crippen molar-refractivity contribution in [3.05, 3.63) is 42.7 Å². The monoisotopic (exact) mass is 257 g/mol. The smallest absolute Gasteiger partial charge is 0.257 e. The molecule has 2 aromatic heterocycles. The molecule has 2 rings (SSSR count). The summed E-state index contributed by atoms with van der Waals surface area (Å²) >= 11 is 0. The molecular weight excluding hydrogens is 242 g/mol. The van der Waals surface area contributed by atoms with Gasteiger partial charge in [-0.3, -0.25) is 14.8 Å². The molecule has 0 atom stereocenters. The van der Waals surface area contributed by atoms with Gasteiger partial charge in [-0.15, -0.1) is 0 Å². The van der Waals surface area contributed by atoms with Crippen molar-refractivity contribution >= 4 is 5.91 Å². The molecule has 0 fully saturated rings. The number of amides is 1. The van der Waals surface area contributed by atoms with Gasteiger partial charge in [-0.1, -0.05) is 6.07 Å². The minimum atomic E-state index is -0.142. The van der Waals surface area contributed by atoms with Crippen molar-refractivity contribution in [2.75, 3.05) is 13.2 Å². The Hall–Kier alpha value is -2.43. The van der Waals surface area contributed by atoms with Crippen molar-refractivity contribution in [3.8, 4) is 17.1 Å². The number of nitrogens with zero attached hydrogens (tertiary/aromatic N) is 2. The molecule has 5 nitrogen and oxygen atoms in total. The zero-order valence-electron chi connectivity index (χ0n) is 10.7. The Morgan fingerprint density at radius 3 is 2.68 bits per heavy atom. The van der Waals surface area contributed by atoms with Gasteiger partial charge < -0.3 is 10.1 Å². The average molecular weight is 257 g/mol. The third-order valence-electron chi connectivity index (χ3n) is 2.41. The van der Waals surface area contributed by atoms with Gasteiger partial charge in [0.25, 0.3) is 5.91 Å². The Kier molecular flexibility index (Phi) is 4.44. The molecule has 0 aliphatic rings. The second-order valence-corrected chi connectivity index (χ2v) is 3.84. The van der Waals surface area contributed by atoms with Gasteiger partial charge in [0, 0.05) is 12.7 Å². The van der Waals surface area contributed by atoms with Gasteiger partial charge >= 0.3 is 0 Å². The van der Waals surface area contributed by atoms with Gasteiger partial charge in [-0.25, -0.2) is 0 Å². The summed E-state index contributed by atoms with van der Waals surface area (Å²) in [5, 5.41) is 2.66. The number of hydrogen-bond donors (Lipinski definition) is 1. The number of hydrogen-bond acceptors (Lipinski definition) is 4. The quantitative estimate of drug-likeness (QED) is 0.884. The van der Waals surface area contributed by atoms with E-state index >= 15 is 0 Å². The highest BCUT2D eigenvalue weighted by Gasteiger charge is 2.03. The van der Waals surface area contributed by atoms with Crippen molar-refractivity contribution in [2.24, 2.45) is 0 Å². The molecule has 0 aliphatic carbocycles. The molecule has 0 bridgehead atoms. The van der Waals surface area contributed by atoms with Crippen LogP contribution in [0.15, 0.2) is 42.7 Å². The van der Waals surface area contributed by atoms with Gasteiger partial charge in [0.2, 0.25) is 0 Å². The van der Waals surface area contributed by atoms with Crippen molar-refractivity contribution in [1.82, 2.24) is 15.3 Å². The highest BCUT2D eigenvalue weighted by atomic mass is 16.5. The fourth-order valence-electron chi connectivity index (χ4n) is 1.53. The maximum absolute atomic E-state index is 11.2. The van der Waals surface area contributed by atoms with Crippen LogP contribution in [0, 0.1) is 0 Å². The molecule has 0 spiro atoms. The van der Waals surface area contributed by atoms with Crippen molar-refractivity contribution < 1.29 is 9.53 Å². The molecular formula is C14H15N3O2. The first-order valence-electron chi connectivity index (χ1n) is 6.06. The van der Waals surface area contributed by atoms with E-state index in [1.807, 2.05) is 31.2 Å². The van der Waals surface area contributed by atoms with E-state index in [1.54, 1.807) is 18.5 Å². The van der Waals surface area contributed by atoms with E-state index in [9.17, 15) is 4.79 Å². The summed E-state index contributed by atoms with van der Waals surface area (Å²) in [5.41, 5.74) is 1.57. The molecule has 0 aromatic carbocycles. The van der Waals surface area contributed by atoms with Crippen LogP contribution in [-0.2, 0) is 4.79 Å². The highest BCUT2D eigenvalue weighted by Crippen LogP contribution is 2.16. The summed E-state index contributed by atoms with van der Waals surface area (Å²) in [6.07, 6.45) is 3.31. The Morgan fingerprint density at radius 2 is 2.05 bits per heavy atom. The van der Waals surface area contributed by atoms with E-state index in [4.69, 9.17) is 4.74 Å². The fraction of sp³-hybridized carbons (Fsp3) is 0.214. The number of rotatable bonds is 5. The van der Waals surface area contributed by atoms with Crippen LogP contribution in [0.1, 0.15) is 6.92 Å². The number of carbonyl (C=O) groups excluding carboxylic acids is 1. The van der Waals surface area contributed by atoms with E-state index < -0.39 is 0 Å². The fourth-order valence-corrected chi connectivity index (χ4v) is 1.53. The van der Waals surface area contributed by atoms with Crippen LogP contribution in [0.3, 0.4) is 0 Å². The summed E-state index contributed by atoms with van der Waals surface area (Å²) in [7, 11) is 0. The van der Waals surface area contributed by atoms with Crippen LogP contribution in [0.2, 0.25) is 0 Å². The van der Waals surface area contributed by atoms with Crippen LogP contribution < -0.4 is 10.1 Å². The third-order valence-corrected chi connectivity index (χ3v) is 2.41. The second-order valence-electron chi connectivity index (χ2n) is 3.84. The number of nitrogens with one attached hydrogen (secondary N) is 1. The lowest BCUT2D eigenvalue weighted by Crippen LogP contribution is -2.28. The number of aromatic nitrogens is 2. The topological polar surface area (TPSA) is 64.1 Å². The van der Waals surface area contributed by atoms with Crippen LogP contribution in [-0.4, -0.2) is 29.0 Å². The molecule has 1 N–H and O–H groups in total. The molecule has 0 unspecified atom stereocenters. The van der Waals surface area contributed by atoms with Gasteiger partial charge in [0.1, 0.15) is 5.75 Å². The third kappa shape index (κ3) is 3.77. The molecule has 1 amide bonds. The molecule has 0 saturated heterocycles. The van der Waals surface area contributed by atoms with Gasteiger partial charge in [0.05, 0.1) is 17.6 Å². The molecule has 0 aliphatic heterocycles. The molecule has 98 valence electrons. The van der Waals surface area contributed by atoms with Crippen LogP contribution in [0.4, 0.5) is 0 Å². The zero-order valence-corrected chi connectivity index (χ0v) is 10.7. The summed E-state index contributed by atoms with van der Waals surface area (Å²) in [4.78, 5) is 19.7. The summed E-state index contributed by atoms with van der Waals surface area (Å²) < 4.78 is 5.32. The Morgan fingerprint density at radius 1 is 1.21 bits per heavy atom. The van der Waals surface area contributed by atoms with E-state index in [1.165, 1.54) is 0 Å². The predicted molar refractivity (Wildman–Crippen MR) is 71.6 cm³/mol. The van der Waals surface area contributed by atoms with Crippen molar-refractivity contribution in [1.29, 1.82) is 0 Å². The molecule has 2 aromatic rings. The van der Waals surface area contributed by atoms with Gasteiger partial charge in [0.15, 0.2) is 6.61 Å². The van der Waals surface area contributed by atoms with Crippen LogP contribution in [0.5, 0.6) is 5.75 Å². The first-order chi connectivity index (χ1) is 9.29. The molecule has 2 heterocycles. The van der Waals surface area contributed by atoms with Gasteiger partial charge in [-0.2, -0.15) is 0 Å². The summed E-state index contributed by atoms with van der Waals surface area (Å²) in [6, 6.07) is 9.24. The standard InChI is InChI=1S/C14H15N3O2/c1-2-15-14(18)10-19-11-6-7-13(17-9-11)12-5-3-4-8-16-12/h3-9H,2,10H2,1H3,(H,15,18). The van der Waals surface area contributed by atoms with Crippen molar-refractivity contribution in [2.45, 2.75) is 6.92 Å². The van der Waals surface area contributed by atoms with Crippen LogP contribution >= 0.6 is 0 Å². The minimum Gasteiger partial charge on any atom is -0.482 e. The summed E-state index contributed by atoms with van der Waals surface area (Å²) in [6.45, 7) is 2.46. The SMILES string of the molecule is CCNC(=O)COc1ccc(-c2ccccn2)nc1. The molecule has 19 heavy (non-hydrogen) atoms. The first-order valence-corrected chi connectivity index (χ1v) is 6.06. The Bertz CT molecular complexity index is 526. The number of carbonyl (C=O) groups is 1. The lowest BCUT2D eigenvalue weighted by molar-refractivity contribution is -0.122. The number of pyridine rings is 2. The van der Waals surface area contributed by atoms with Gasteiger partial charge in [-0.05, 0) is 31.2 Å². The summed E-state index contributed by atoms with van der Waals surface area (Å²) in [5.74, 6) is 0.419. The lowest BCUT2D eigenvalue weighted by atomic mass is 10.2. The number of likely N-dealkylation sites (N-methyl/N-ethyl adjacent to an activating group) is 1. The number of ether oxygens (including phenoxy) is 1. The minimum absolute atomic E-state index is 0.00153. The largest absolute Gasteiger partial charge is 0.482 e. The maximum Gasteiger partial charge on any atom is 0.257 e. The Balaban J connectivity index is 1.97. The van der Waals surface area contributed by atoms with Crippen molar-refractivity contribution in [3.63, 3.8) is 0 Å². The molecule has 0 radical (unpaired) electrons. The average Bonchev–Trinajstić information content (AvgIpc) is 2.47.